The Kier molecular flexibility index (Phi) is 3.74. The van der Waals surface area contributed by atoms with Crippen molar-refractivity contribution in [2.75, 3.05) is 13.1 Å². The lowest BCUT2D eigenvalue weighted by Crippen LogP contribution is -2.41. The number of nitrogens with zero attached hydrogens (tertiary/aromatic N) is 2. The summed E-state index contributed by atoms with van der Waals surface area (Å²) in [4.78, 5) is 28.9. The minimum absolute atomic E-state index is 0.00540. The van der Waals surface area contributed by atoms with E-state index in [0.717, 1.165) is 10.9 Å². The summed E-state index contributed by atoms with van der Waals surface area (Å²) < 4.78 is 6.71. The lowest BCUT2D eigenvalue weighted by molar-refractivity contribution is -0.144. The Labute approximate surface area is 125 Å². The van der Waals surface area contributed by atoms with E-state index in [1.54, 1.807) is 12.4 Å². The summed E-state index contributed by atoms with van der Waals surface area (Å²) in [6.07, 6.45) is 5.02. The number of ether oxygens (including phenoxy) is 1. The minimum Gasteiger partial charge on any atom is -0.487 e. The number of hydrogen-bond donors (Lipinski definition) is 0. The zero-order valence-corrected chi connectivity index (χ0v) is 12.5. The van der Waals surface area contributed by atoms with Crippen LogP contribution in [0.1, 0.15) is 19.3 Å². The molecule has 2 heterocycles. The zero-order chi connectivity index (χ0) is 14.1. The molecule has 2 fully saturated rings. The van der Waals surface area contributed by atoms with Gasteiger partial charge in [-0.1, -0.05) is 0 Å². The van der Waals surface area contributed by atoms with Crippen LogP contribution in [-0.2, 0) is 9.59 Å². The van der Waals surface area contributed by atoms with E-state index in [4.69, 9.17) is 4.74 Å². The molecule has 1 amide bonds. The number of likely N-dealkylation sites (tertiary alicyclic amines) is 1. The molecule has 6 heteroatoms. The van der Waals surface area contributed by atoms with Crippen molar-refractivity contribution in [1.82, 2.24) is 9.88 Å². The Hall–Kier alpha value is -1.43. The first-order chi connectivity index (χ1) is 9.61. The molecule has 1 aromatic heterocycles. The maximum absolute atomic E-state index is 12.1. The topological polar surface area (TPSA) is 59.5 Å². The van der Waals surface area contributed by atoms with E-state index in [-0.39, 0.29) is 23.7 Å². The van der Waals surface area contributed by atoms with Crippen LogP contribution in [0.5, 0.6) is 5.75 Å². The summed E-state index contributed by atoms with van der Waals surface area (Å²) in [5.41, 5.74) is 0. The molecule has 0 radical (unpaired) electrons. The van der Waals surface area contributed by atoms with Crippen LogP contribution >= 0.6 is 15.9 Å². The van der Waals surface area contributed by atoms with E-state index in [1.807, 2.05) is 11.0 Å². The van der Waals surface area contributed by atoms with E-state index >= 15 is 0 Å². The Bertz CT molecular complexity index is 541. The van der Waals surface area contributed by atoms with Crippen LogP contribution < -0.4 is 4.74 Å². The predicted molar refractivity (Wildman–Crippen MR) is 75.3 cm³/mol. The standard InChI is InChI=1S/C14H15BrN2O3/c15-10-5-13(7-16-6-10)20-12-1-2-17(8-12)14(19)9-3-11(18)4-9/h5-7,9,12H,1-4,8H2. The highest BCUT2D eigenvalue weighted by Gasteiger charge is 2.38. The number of carbonyl (C=O) groups is 2. The highest BCUT2D eigenvalue weighted by Crippen LogP contribution is 2.27. The molecule has 1 saturated carbocycles. The Balaban J connectivity index is 1.54. The molecule has 1 aliphatic heterocycles. The van der Waals surface area contributed by atoms with Gasteiger partial charge in [0, 0.05) is 36.5 Å². The van der Waals surface area contributed by atoms with Crippen molar-refractivity contribution in [2.45, 2.75) is 25.4 Å². The number of Topliss-reactive ketones (excluding diaryl/α,β-unsaturated/α-hetero) is 1. The molecule has 20 heavy (non-hydrogen) atoms. The lowest BCUT2D eigenvalue weighted by atomic mass is 9.83. The van der Waals surface area contributed by atoms with Crippen LogP contribution in [0.3, 0.4) is 0 Å². The highest BCUT2D eigenvalue weighted by atomic mass is 79.9. The summed E-state index contributed by atoms with van der Waals surface area (Å²) in [6.45, 7) is 1.30. The molecule has 0 N–H and O–H groups in total. The number of amides is 1. The lowest BCUT2D eigenvalue weighted by Gasteiger charge is -2.28. The molecule has 2 aliphatic rings. The number of carbonyl (C=O) groups excluding carboxylic acids is 2. The van der Waals surface area contributed by atoms with Crippen molar-refractivity contribution in [3.63, 3.8) is 0 Å². The fourth-order valence-electron chi connectivity index (χ4n) is 2.60. The number of halogens is 1. The monoisotopic (exact) mass is 338 g/mol. The quantitative estimate of drug-likeness (QED) is 0.843. The maximum atomic E-state index is 12.1. The number of ketones is 1. The van der Waals surface area contributed by atoms with Crippen LogP contribution in [0.2, 0.25) is 0 Å². The van der Waals surface area contributed by atoms with Crippen LogP contribution in [-0.4, -0.2) is 40.8 Å². The third-order valence-corrected chi connectivity index (χ3v) is 4.17. The van der Waals surface area contributed by atoms with Gasteiger partial charge in [-0.3, -0.25) is 14.6 Å². The molecule has 1 aliphatic carbocycles. The van der Waals surface area contributed by atoms with Crippen LogP contribution in [0.15, 0.2) is 22.9 Å². The molecule has 1 atom stereocenters. The molecule has 5 nitrogen and oxygen atoms in total. The number of pyridine rings is 1. The third kappa shape index (κ3) is 2.85. The van der Waals surface area contributed by atoms with Gasteiger partial charge in [0.1, 0.15) is 17.6 Å². The van der Waals surface area contributed by atoms with Crippen LogP contribution in [0.25, 0.3) is 0 Å². The van der Waals surface area contributed by atoms with Crippen molar-refractivity contribution < 1.29 is 14.3 Å². The van der Waals surface area contributed by atoms with Crippen molar-refractivity contribution in [1.29, 1.82) is 0 Å². The van der Waals surface area contributed by atoms with Crippen molar-refractivity contribution in [2.24, 2.45) is 5.92 Å². The van der Waals surface area contributed by atoms with Gasteiger partial charge in [-0.05, 0) is 22.0 Å². The SMILES string of the molecule is O=C1CC(C(=O)N2CCC(Oc3cncc(Br)c3)C2)C1. The Morgan fingerprint density at radius 1 is 1.40 bits per heavy atom. The highest BCUT2D eigenvalue weighted by molar-refractivity contribution is 9.10. The van der Waals surface area contributed by atoms with Gasteiger partial charge in [-0.2, -0.15) is 0 Å². The minimum atomic E-state index is -0.0891. The van der Waals surface area contributed by atoms with E-state index in [0.29, 0.717) is 31.7 Å². The first kappa shape index (κ1) is 13.5. The van der Waals surface area contributed by atoms with Gasteiger partial charge in [0.25, 0.3) is 0 Å². The van der Waals surface area contributed by atoms with E-state index in [1.165, 1.54) is 0 Å². The Morgan fingerprint density at radius 2 is 2.20 bits per heavy atom. The predicted octanol–water partition coefficient (Wildman–Crippen LogP) is 1.80. The van der Waals surface area contributed by atoms with Gasteiger partial charge in [-0.15, -0.1) is 0 Å². The summed E-state index contributed by atoms with van der Waals surface area (Å²) in [5, 5.41) is 0. The Morgan fingerprint density at radius 3 is 2.90 bits per heavy atom. The van der Waals surface area contributed by atoms with Gasteiger partial charge >= 0.3 is 0 Å². The van der Waals surface area contributed by atoms with Gasteiger partial charge in [-0.25, -0.2) is 0 Å². The summed E-state index contributed by atoms with van der Waals surface area (Å²) in [6, 6.07) is 1.86. The molecule has 1 unspecified atom stereocenters. The normalized spacial score (nSPS) is 22.8. The van der Waals surface area contributed by atoms with Crippen molar-refractivity contribution in [3.8, 4) is 5.75 Å². The largest absolute Gasteiger partial charge is 0.487 e. The zero-order valence-electron chi connectivity index (χ0n) is 10.9. The van der Waals surface area contributed by atoms with Gasteiger partial charge < -0.3 is 9.64 Å². The van der Waals surface area contributed by atoms with E-state index < -0.39 is 0 Å². The van der Waals surface area contributed by atoms with E-state index in [9.17, 15) is 9.59 Å². The van der Waals surface area contributed by atoms with Gasteiger partial charge in [0.2, 0.25) is 5.91 Å². The smallest absolute Gasteiger partial charge is 0.226 e. The number of rotatable bonds is 3. The van der Waals surface area contributed by atoms with Crippen molar-refractivity contribution in [3.05, 3.63) is 22.9 Å². The second kappa shape index (κ2) is 5.52. The average Bonchev–Trinajstić information content (AvgIpc) is 2.83. The molecule has 106 valence electrons. The molecule has 1 saturated heterocycles. The van der Waals surface area contributed by atoms with Crippen LogP contribution in [0, 0.1) is 5.92 Å². The molecule has 0 bridgehead atoms. The van der Waals surface area contributed by atoms with E-state index in [2.05, 4.69) is 20.9 Å². The molecule has 1 aromatic rings. The average molecular weight is 339 g/mol. The molecule has 3 rings (SSSR count). The van der Waals surface area contributed by atoms with Crippen LogP contribution in [0.4, 0.5) is 0 Å². The van der Waals surface area contributed by atoms with Crippen molar-refractivity contribution >= 4 is 27.6 Å². The summed E-state index contributed by atoms with van der Waals surface area (Å²) >= 11 is 3.35. The summed E-state index contributed by atoms with van der Waals surface area (Å²) in [7, 11) is 0. The summed E-state index contributed by atoms with van der Waals surface area (Å²) in [5.74, 6) is 0.907. The fourth-order valence-corrected chi connectivity index (χ4v) is 2.94. The molecular formula is C14H15BrN2O3. The van der Waals surface area contributed by atoms with Gasteiger partial charge in [0.05, 0.1) is 18.7 Å². The second-order valence-corrected chi connectivity index (χ2v) is 6.21. The third-order valence-electron chi connectivity index (χ3n) is 3.74. The first-order valence-electron chi connectivity index (χ1n) is 6.69. The van der Waals surface area contributed by atoms with Gasteiger partial charge in [0.15, 0.2) is 0 Å². The molecule has 0 aromatic carbocycles. The first-order valence-corrected chi connectivity index (χ1v) is 7.49. The maximum Gasteiger partial charge on any atom is 0.226 e. The number of aromatic nitrogens is 1. The fraction of sp³-hybridized carbons (Fsp3) is 0.500. The second-order valence-electron chi connectivity index (χ2n) is 5.30. The molecule has 0 spiro atoms. The number of hydrogen-bond acceptors (Lipinski definition) is 4. The molecular weight excluding hydrogens is 324 g/mol.